The van der Waals surface area contributed by atoms with E-state index in [1.807, 2.05) is 13.8 Å². The van der Waals surface area contributed by atoms with Crippen molar-refractivity contribution in [3.8, 4) is 0 Å². The van der Waals surface area contributed by atoms with Crippen LogP contribution in [0.4, 0.5) is 13.2 Å². The van der Waals surface area contributed by atoms with Crippen molar-refractivity contribution in [3.05, 3.63) is 35.4 Å². The number of halogens is 3. The van der Waals surface area contributed by atoms with Crippen molar-refractivity contribution in [3.63, 3.8) is 0 Å². The van der Waals surface area contributed by atoms with E-state index in [0.717, 1.165) is 30.7 Å². The van der Waals surface area contributed by atoms with Gasteiger partial charge in [0, 0.05) is 6.04 Å². The van der Waals surface area contributed by atoms with Crippen LogP contribution in [0.1, 0.15) is 43.9 Å². The molecule has 1 unspecified atom stereocenters. The van der Waals surface area contributed by atoms with Gasteiger partial charge in [-0.05, 0) is 56.8 Å². The summed E-state index contributed by atoms with van der Waals surface area (Å²) in [7, 11) is 1.37. The molecule has 0 aromatic heterocycles. The molecule has 1 aromatic rings. The van der Waals surface area contributed by atoms with E-state index in [4.69, 9.17) is 4.74 Å². The lowest BCUT2D eigenvalue weighted by Crippen LogP contribution is -2.42. The molecule has 1 aliphatic heterocycles. The highest BCUT2D eigenvalue weighted by atomic mass is 19.4. The number of esters is 1. The van der Waals surface area contributed by atoms with Gasteiger partial charge < -0.3 is 10.1 Å². The predicted molar refractivity (Wildman–Crippen MR) is 80.7 cm³/mol. The molecule has 0 radical (unpaired) electrons. The number of carbonyl (C=O) groups is 1. The van der Waals surface area contributed by atoms with E-state index in [1.54, 1.807) is 0 Å². The summed E-state index contributed by atoms with van der Waals surface area (Å²) in [6.07, 6.45) is -2.80. The van der Waals surface area contributed by atoms with Crippen molar-refractivity contribution < 1.29 is 22.7 Å². The smallest absolute Gasteiger partial charge is 0.416 e. The molecular weight excluding hydrogens is 307 g/mol. The quantitative estimate of drug-likeness (QED) is 0.854. The molecule has 2 rings (SSSR count). The molecule has 1 saturated heterocycles. The zero-order valence-electron chi connectivity index (χ0n) is 13.5. The first-order chi connectivity index (χ1) is 10.7. The number of hydrogen-bond acceptors (Lipinski definition) is 3. The first kappa shape index (κ1) is 17.8. The van der Waals surface area contributed by atoms with Crippen LogP contribution in [0, 0.1) is 11.3 Å². The highest BCUT2D eigenvalue weighted by molar-refractivity contribution is 5.76. The van der Waals surface area contributed by atoms with Gasteiger partial charge in [0.25, 0.3) is 0 Å². The van der Waals surface area contributed by atoms with E-state index in [1.165, 1.54) is 19.2 Å². The first-order valence-electron chi connectivity index (χ1n) is 7.65. The average molecular weight is 329 g/mol. The van der Waals surface area contributed by atoms with Crippen LogP contribution in [0.15, 0.2) is 24.3 Å². The Morgan fingerprint density at radius 2 is 1.83 bits per heavy atom. The number of methoxy groups -OCH3 is 1. The normalized spacial score (nSPS) is 22.7. The maximum absolute atomic E-state index is 12.6. The summed E-state index contributed by atoms with van der Waals surface area (Å²) in [6, 6.07) is 5.17. The van der Waals surface area contributed by atoms with Gasteiger partial charge in [-0.25, -0.2) is 0 Å². The molecule has 1 heterocycles. The van der Waals surface area contributed by atoms with Crippen molar-refractivity contribution in [2.24, 2.45) is 11.3 Å². The number of hydrogen-bond donors (Lipinski definition) is 1. The molecule has 0 bridgehead atoms. The number of benzene rings is 1. The molecule has 128 valence electrons. The van der Waals surface area contributed by atoms with E-state index >= 15 is 0 Å². The molecule has 3 nitrogen and oxygen atoms in total. The van der Waals surface area contributed by atoms with Crippen molar-refractivity contribution in [2.45, 2.75) is 38.9 Å². The Balaban J connectivity index is 2.14. The topological polar surface area (TPSA) is 38.3 Å². The number of alkyl halides is 3. The summed E-state index contributed by atoms with van der Waals surface area (Å²) >= 11 is 0. The van der Waals surface area contributed by atoms with Crippen LogP contribution < -0.4 is 5.32 Å². The van der Waals surface area contributed by atoms with Crippen LogP contribution in [0.3, 0.4) is 0 Å². The van der Waals surface area contributed by atoms with Crippen LogP contribution in [-0.4, -0.2) is 19.6 Å². The van der Waals surface area contributed by atoms with Crippen molar-refractivity contribution in [2.75, 3.05) is 13.7 Å². The van der Waals surface area contributed by atoms with Gasteiger partial charge in [0.05, 0.1) is 18.1 Å². The highest BCUT2D eigenvalue weighted by Crippen LogP contribution is 2.40. The van der Waals surface area contributed by atoms with Crippen molar-refractivity contribution in [1.29, 1.82) is 0 Å². The maximum Gasteiger partial charge on any atom is 0.416 e. The molecule has 6 heteroatoms. The number of ether oxygens (including phenoxy) is 1. The molecule has 0 spiro atoms. The molecule has 2 atom stereocenters. The van der Waals surface area contributed by atoms with Crippen LogP contribution in [0.2, 0.25) is 0 Å². The minimum atomic E-state index is -4.33. The van der Waals surface area contributed by atoms with Gasteiger partial charge in [-0.15, -0.1) is 0 Å². The lowest BCUT2D eigenvalue weighted by molar-refractivity contribution is -0.154. The van der Waals surface area contributed by atoms with E-state index in [2.05, 4.69) is 5.32 Å². The largest absolute Gasteiger partial charge is 0.469 e. The fourth-order valence-corrected chi connectivity index (χ4v) is 3.16. The van der Waals surface area contributed by atoms with Gasteiger partial charge >= 0.3 is 12.1 Å². The summed E-state index contributed by atoms with van der Waals surface area (Å²) in [5.41, 5.74) is -0.451. The Hall–Kier alpha value is -1.56. The second kappa shape index (κ2) is 6.51. The highest BCUT2D eigenvalue weighted by Gasteiger charge is 2.40. The third-order valence-electron chi connectivity index (χ3n) is 4.78. The van der Waals surface area contributed by atoms with Crippen molar-refractivity contribution >= 4 is 5.97 Å². The summed E-state index contributed by atoms with van der Waals surface area (Å²) in [4.78, 5) is 12.0. The summed E-state index contributed by atoms with van der Waals surface area (Å²) in [5.74, 6) is -0.140. The molecule has 1 fully saturated rings. The molecule has 1 aliphatic rings. The monoisotopic (exact) mass is 329 g/mol. The van der Waals surface area contributed by atoms with Gasteiger partial charge in [0.2, 0.25) is 0 Å². The molecule has 23 heavy (non-hydrogen) atoms. The van der Waals surface area contributed by atoms with Crippen LogP contribution in [0.25, 0.3) is 0 Å². The van der Waals surface area contributed by atoms with Gasteiger partial charge in [0.1, 0.15) is 0 Å². The van der Waals surface area contributed by atoms with E-state index < -0.39 is 17.2 Å². The summed E-state index contributed by atoms with van der Waals surface area (Å²) < 4.78 is 42.8. The van der Waals surface area contributed by atoms with Gasteiger partial charge in [-0.2, -0.15) is 13.2 Å². The van der Waals surface area contributed by atoms with Gasteiger partial charge in [-0.3, -0.25) is 4.79 Å². The minimum absolute atomic E-state index is 0.0556. The Labute approximate surface area is 134 Å². The summed E-state index contributed by atoms with van der Waals surface area (Å²) in [5, 5.41) is 3.32. The molecule has 1 N–H and O–H groups in total. The Bertz CT molecular complexity index is 552. The van der Waals surface area contributed by atoms with Crippen molar-refractivity contribution in [1.82, 2.24) is 5.32 Å². The number of nitrogens with one attached hydrogen (secondary N) is 1. The van der Waals surface area contributed by atoms with Crippen LogP contribution in [-0.2, 0) is 15.7 Å². The third-order valence-corrected chi connectivity index (χ3v) is 4.78. The van der Waals surface area contributed by atoms with Crippen LogP contribution >= 0.6 is 0 Å². The Morgan fingerprint density at radius 3 is 2.35 bits per heavy atom. The molecule has 0 amide bonds. The van der Waals surface area contributed by atoms with E-state index in [0.29, 0.717) is 6.42 Å². The zero-order valence-corrected chi connectivity index (χ0v) is 13.5. The molecule has 0 aliphatic carbocycles. The predicted octanol–water partition coefficient (Wildman–Crippen LogP) is 3.95. The SMILES string of the molecule is COC(=O)C(C)(C)C1CCN[C@H](c2ccc(C(F)(F)F)cc2)C1. The van der Waals surface area contributed by atoms with Gasteiger partial charge in [0.15, 0.2) is 0 Å². The second-order valence-electron chi connectivity index (χ2n) is 6.56. The average Bonchev–Trinajstić information content (AvgIpc) is 2.53. The second-order valence-corrected chi connectivity index (χ2v) is 6.56. The van der Waals surface area contributed by atoms with Crippen LogP contribution in [0.5, 0.6) is 0 Å². The standard InChI is InChI=1S/C17H22F3NO2/c1-16(2,15(22)23-3)13-8-9-21-14(10-13)11-4-6-12(7-5-11)17(18,19)20/h4-7,13-14,21H,8-10H2,1-3H3/t13?,14-/m0/s1. The minimum Gasteiger partial charge on any atom is -0.469 e. The number of carbonyl (C=O) groups excluding carboxylic acids is 1. The molecule has 1 aromatic carbocycles. The van der Waals surface area contributed by atoms with E-state index in [9.17, 15) is 18.0 Å². The molecule has 0 saturated carbocycles. The molecular formula is C17H22F3NO2. The zero-order chi connectivity index (χ0) is 17.3. The number of piperidine rings is 1. The fourth-order valence-electron chi connectivity index (χ4n) is 3.16. The lowest BCUT2D eigenvalue weighted by Gasteiger charge is -2.38. The lowest BCUT2D eigenvalue weighted by atomic mass is 9.71. The first-order valence-corrected chi connectivity index (χ1v) is 7.65. The third kappa shape index (κ3) is 3.86. The van der Waals surface area contributed by atoms with E-state index in [-0.39, 0.29) is 17.9 Å². The Morgan fingerprint density at radius 1 is 1.22 bits per heavy atom. The fraction of sp³-hybridized carbons (Fsp3) is 0.588. The summed E-state index contributed by atoms with van der Waals surface area (Å²) in [6.45, 7) is 4.44. The number of rotatable bonds is 3. The maximum atomic E-state index is 12.6. The Kier molecular flexibility index (Phi) is 5.04. The van der Waals surface area contributed by atoms with Gasteiger partial charge in [-0.1, -0.05) is 12.1 Å².